The zero-order chi connectivity index (χ0) is 13.9. The summed E-state index contributed by atoms with van der Waals surface area (Å²) in [6.07, 6.45) is 1.30. The lowest BCUT2D eigenvalue weighted by atomic mass is 10.2. The smallest absolute Gasteiger partial charge is 0.277 e. The van der Waals surface area contributed by atoms with Crippen LogP contribution in [0.1, 0.15) is 16.1 Å². The van der Waals surface area contributed by atoms with Crippen LogP contribution in [0.4, 0.5) is 5.69 Å². The second-order valence-electron chi connectivity index (χ2n) is 3.81. The van der Waals surface area contributed by atoms with Crippen LogP contribution in [0.25, 0.3) is 0 Å². The first kappa shape index (κ1) is 13.2. The molecular weight excluding hydrogens is 270 g/mol. The van der Waals surface area contributed by atoms with Crippen LogP contribution >= 0.6 is 0 Å². The van der Waals surface area contributed by atoms with Gasteiger partial charge in [0, 0.05) is 5.69 Å². The van der Waals surface area contributed by atoms with Gasteiger partial charge in [0.2, 0.25) is 10.0 Å². The van der Waals surface area contributed by atoms with Crippen LogP contribution in [0.5, 0.6) is 0 Å². The van der Waals surface area contributed by atoms with Crippen LogP contribution in [-0.4, -0.2) is 29.7 Å². The highest BCUT2D eigenvalue weighted by atomic mass is 32.2. The number of H-pyrrole nitrogens is 1. The van der Waals surface area contributed by atoms with Gasteiger partial charge in [0.1, 0.15) is 0 Å². The summed E-state index contributed by atoms with van der Waals surface area (Å²) in [6.45, 7) is 0. The van der Waals surface area contributed by atoms with E-state index in [9.17, 15) is 13.2 Å². The number of carbonyl (C=O) groups excluding carboxylic acids is 1. The number of sulfonamides is 1. The Morgan fingerprint density at radius 3 is 2.53 bits per heavy atom. The van der Waals surface area contributed by atoms with E-state index in [1.165, 1.54) is 6.20 Å². The van der Waals surface area contributed by atoms with Gasteiger partial charge < -0.3 is 5.32 Å². The largest absolute Gasteiger partial charge is 0.321 e. The number of nitrogens with two attached hydrogens (primary N) is 1. The summed E-state index contributed by atoms with van der Waals surface area (Å²) in [5, 5.41) is 17.0. The Hall–Kier alpha value is -2.26. The lowest BCUT2D eigenvalue weighted by Gasteiger charge is -2.04. The summed E-state index contributed by atoms with van der Waals surface area (Å²) >= 11 is 0. The van der Waals surface area contributed by atoms with Gasteiger partial charge in [-0.25, -0.2) is 13.6 Å². The number of aromatic amines is 1. The van der Waals surface area contributed by atoms with Gasteiger partial charge in [-0.1, -0.05) is 12.1 Å². The summed E-state index contributed by atoms with van der Waals surface area (Å²) in [5.74, 6) is -0.655. The van der Waals surface area contributed by atoms with Gasteiger partial charge >= 0.3 is 0 Å². The summed E-state index contributed by atoms with van der Waals surface area (Å²) in [4.78, 5) is 11.6. The van der Waals surface area contributed by atoms with Gasteiger partial charge in [0.15, 0.2) is 5.69 Å². The standard InChI is InChI=1S/C10H11N5O3S/c11-19(17,18)6-7-1-3-8(4-2-7)13-10(16)9-5-12-15-14-9/h1-5H,6H2,(H,13,16)(H2,11,17,18)(H,12,14,15). The van der Waals surface area contributed by atoms with E-state index in [2.05, 4.69) is 20.7 Å². The second-order valence-corrected chi connectivity index (χ2v) is 5.43. The maximum Gasteiger partial charge on any atom is 0.277 e. The second kappa shape index (κ2) is 5.16. The van der Waals surface area contributed by atoms with Crippen molar-refractivity contribution in [3.63, 3.8) is 0 Å². The predicted molar refractivity (Wildman–Crippen MR) is 67.6 cm³/mol. The van der Waals surface area contributed by atoms with Crippen LogP contribution in [0, 0.1) is 0 Å². The molecule has 0 atom stereocenters. The lowest BCUT2D eigenvalue weighted by molar-refractivity contribution is 0.102. The number of aromatic nitrogens is 3. The van der Waals surface area contributed by atoms with E-state index in [0.29, 0.717) is 11.3 Å². The van der Waals surface area contributed by atoms with E-state index in [-0.39, 0.29) is 11.4 Å². The Balaban J connectivity index is 2.05. The maximum atomic E-state index is 11.6. The molecule has 0 saturated carbocycles. The average Bonchev–Trinajstić information content (AvgIpc) is 2.83. The molecule has 0 fully saturated rings. The molecule has 0 unspecified atom stereocenters. The van der Waals surface area contributed by atoms with Crippen molar-refractivity contribution >= 4 is 21.6 Å². The first-order valence-corrected chi connectivity index (χ1v) is 6.92. The van der Waals surface area contributed by atoms with Crippen LogP contribution in [0.2, 0.25) is 0 Å². The molecule has 1 amide bonds. The SMILES string of the molecule is NS(=O)(=O)Cc1ccc(NC(=O)c2cn[nH]n2)cc1. The molecule has 100 valence electrons. The molecular formula is C10H11N5O3S. The molecule has 2 rings (SSSR count). The van der Waals surface area contributed by atoms with Crippen molar-refractivity contribution in [1.29, 1.82) is 0 Å². The topological polar surface area (TPSA) is 131 Å². The van der Waals surface area contributed by atoms with E-state index in [1.807, 2.05) is 0 Å². The number of nitrogens with one attached hydrogen (secondary N) is 2. The Morgan fingerprint density at radius 1 is 1.32 bits per heavy atom. The molecule has 0 spiro atoms. The Labute approximate surface area is 109 Å². The molecule has 0 aliphatic heterocycles. The van der Waals surface area contributed by atoms with Gasteiger partial charge in [-0.05, 0) is 17.7 Å². The van der Waals surface area contributed by atoms with E-state index < -0.39 is 15.9 Å². The summed E-state index contributed by atoms with van der Waals surface area (Å²) in [7, 11) is -3.56. The summed E-state index contributed by atoms with van der Waals surface area (Å²) in [6, 6.07) is 6.31. The molecule has 0 radical (unpaired) electrons. The van der Waals surface area contributed by atoms with Gasteiger partial charge in [0.05, 0.1) is 11.9 Å². The molecule has 1 heterocycles. The first-order chi connectivity index (χ1) is 8.94. The van der Waals surface area contributed by atoms with Crippen molar-refractivity contribution in [3.05, 3.63) is 41.7 Å². The number of benzene rings is 1. The zero-order valence-electron chi connectivity index (χ0n) is 9.70. The highest BCUT2D eigenvalue weighted by Gasteiger charge is 2.09. The van der Waals surface area contributed by atoms with Gasteiger partial charge in [-0.15, -0.1) is 0 Å². The molecule has 1 aromatic carbocycles. The summed E-state index contributed by atoms with van der Waals surface area (Å²) < 4.78 is 21.8. The van der Waals surface area contributed by atoms with Crippen LogP contribution < -0.4 is 10.5 Å². The van der Waals surface area contributed by atoms with E-state index in [1.54, 1.807) is 24.3 Å². The number of carbonyl (C=O) groups is 1. The molecule has 19 heavy (non-hydrogen) atoms. The Kier molecular flexibility index (Phi) is 3.58. The van der Waals surface area contributed by atoms with Crippen molar-refractivity contribution in [3.8, 4) is 0 Å². The molecule has 2 aromatic rings. The number of nitrogens with zero attached hydrogens (tertiary/aromatic N) is 2. The first-order valence-electron chi connectivity index (χ1n) is 5.20. The average molecular weight is 281 g/mol. The third-order valence-electron chi connectivity index (χ3n) is 2.23. The minimum absolute atomic E-state index is 0.161. The number of primary sulfonamides is 1. The number of hydrogen-bond acceptors (Lipinski definition) is 5. The maximum absolute atomic E-state index is 11.6. The molecule has 4 N–H and O–H groups in total. The predicted octanol–water partition coefficient (Wildman–Crippen LogP) is -0.155. The fourth-order valence-corrected chi connectivity index (χ4v) is 2.08. The van der Waals surface area contributed by atoms with E-state index in [4.69, 9.17) is 5.14 Å². The monoisotopic (exact) mass is 281 g/mol. The fourth-order valence-electron chi connectivity index (χ4n) is 1.42. The number of amides is 1. The fraction of sp³-hybridized carbons (Fsp3) is 0.100. The van der Waals surface area contributed by atoms with Gasteiger partial charge in [0.25, 0.3) is 5.91 Å². The van der Waals surface area contributed by atoms with Crippen molar-refractivity contribution < 1.29 is 13.2 Å². The van der Waals surface area contributed by atoms with Crippen LogP contribution in [0.15, 0.2) is 30.5 Å². The third kappa shape index (κ3) is 3.86. The van der Waals surface area contributed by atoms with Crippen molar-refractivity contribution in [2.45, 2.75) is 5.75 Å². The van der Waals surface area contributed by atoms with Crippen LogP contribution in [-0.2, 0) is 15.8 Å². The highest BCUT2D eigenvalue weighted by Crippen LogP contribution is 2.12. The minimum atomic E-state index is -3.56. The normalized spacial score (nSPS) is 11.2. The van der Waals surface area contributed by atoms with Crippen LogP contribution in [0.3, 0.4) is 0 Å². The number of hydrogen-bond donors (Lipinski definition) is 3. The minimum Gasteiger partial charge on any atom is -0.321 e. The van der Waals surface area contributed by atoms with Gasteiger partial charge in [-0.3, -0.25) is 4.79 Å². The molecule has 8 nitrogen and oxygen atoms in total. The molecule has 0 aliphatic rings. The summed E-state index contributed by atoms with van der Waals surface area (Å²) in [5.41, 5.74) is 1.22. The van der Waals surface area contributed by atoms with Gasteiger partial charge in [-0.2, -0.15) is 15.4 Å². The van der Waals surface area contributed by atoms with E-state index >= 15 is 0 Å². The Morgan fingerprint density at radius 2 is 2.00 bits per heavy atom. The molecule has 0 saturated heterocycles. The highest BCUT2D eigenvalue weighted by molar-refractivity contribution is 7.88. The molecule has 0 bridgehead atoms. The molecule has 1 aromatic heterocycles. The zero-order valence-corrected chi connectivity index (χ0v) is 10.5. The third-order valence-corrected chi connectivity index (χ3v) is 2.96. The Bertz CT molecular complexity index is 664. The van der Waals surface area contributed by atoms with Crippen molar-refractivity contribution in [1.82, 2.24) is 15.4 Å². The van der Waals surface area contributed by atoms with Crippen molar-refractivity contribution in [2.24, 2.45) is 5.14 Å². The van der Waals surface area contributed by atoms with E-state index in [0.717, 1.165) is 0 Å². The number of anilines is 1. The number of rotatable bonds is 4. The quantitative estimate of drug-likeness (QED) is 0.717. The van der Waals surface area contributed by atoms with Crippen molar-refractivity contribution in [2.75, 3.05) is 5.32 Å². The molecule has 9 heteroatoms. The lowest BCUT2D eigenvalue weighted by Crippen LogP contribution is -2.15. The molecule has 0 aliphatic carbocycles.